The van der Waals surface area contributed by atoms with Gasteiger partial charge in [-0.3, -0.25) is 4.99 Å². The smallest absolute Gasteiger partial charge is 0.157 e. The second kappa shape index (κ2) is 5.65. The summed E-state index contributed by atoms with van der Waals surface area (Å²) < 4.78 is 5.60. The Bertz CT molecular complexity index is 350. The number of amidine groups is 1. The molecule has 108 valence electrons. The molecule has 1 saturated carbocycles. The zero-order valence-electron chi connectivity index (χ0n) is 12.2. The first-order valence-corrected chi connectivity index (χ1v) is 8.74. The highest BCUT2D eigenvalue weighted by atomic mass is 32.2. The lowest BCUT2D eigenvalue weighted by Gasteiger charge is -2.35. The molecule has 1 N–H and O–H groups in total. The van der Waals surface area contributed by atoms with E-state index < -0.39 is 0 Å². The van der Waals surface area contributed by atoms with Crippen molar-refractivity contribution in [2.24, 2.45) is 10.9 Å². The molecule has 3 nitrogen and oxygen atoms in total. The predicted molar refractivity (Wildman–Crippen MR) is 81.8 cm³/mol. The van der Waals surface area contributed by atoms with Gasteiger partial charge in [-0.25, -0.2) is 0 Å². The standard InChI is InChI=1S/C15H26N2OS/c1-11-3-6-15(7-4-11)10-19-14(17-15)16-13-5-8-18-12(2)9-13/h11-13H,3-10H2,1-2H3,(H,16,17). The Kier molecular flexibility index (Phi) is 4.08. The molecule has 0 amide bonds. The third kappa shape index (κ3) is 3.27. The van der Waals surface area contributed by atoms with Crippen LogP contribution in [-0.4, -0.2) is 35.2 Å². The molecule has 1 spiro atoms. The summed E-state index contributed by atoms with van der Waals surface area (Å²) >= 11 is 1.94. The molecule has 2 aliphatic heterocycles. The number of hydrogen-bond donors (Lipinski definition) is 1. The molecule has 2 atom stereocenters. The minimum Gasteiger partial charge on any atom is -0.378 e. The maximum Gasteiger partial charge on any atom is 0.157 e. The van der Waals surface area contributed by atoms with Crippen LogP contribution in [0.5, 0.6) is 0 Å². The van der Waals surface area contributed by atoms with Crippen LogP contribution < -0.4 is 5.32 Å². The van der Waals surface area contributed by atoms with Gasteiger partial charge in [-0.1, -0.05) is 18.7 Å². The number of aliphatic imine (C=N–C) groups is 1. The van der Waals surface area contributed by atoms with Gasteiger partial charge in [0.05, 0.1) is 12.1 Å². The first-order valence-electron chi connectivity index (χ1n) is 7.76. The fraction of sp³-hybridized carbons (Fsp3) is 0.933. The fourth-order valence-electron chi connectivity index (χ4n) is 3.42. The topological polar surface area (TPSA) is 33.6 Å². The quantitative estimate of drug-likeness (QED) is 0.802. The minimum absolute atomic E-state index is 0.368. The number of nitrogens with one attached hydrogen (secondary N) is 1. The predicted octanol–water partition coefficient (Wildman–Crippen LogP) is 3.20. The lowest BCUT2D eigenvalue weighted by Crippen LogP contribution is -2.46. The molecule has 2 saturated heterocycles. The van der Waals surface area contributed by atoms with Gasteiger partial charge in [0.1, 0.15) is 0 Å². The Balaban J connectivity index is 1.59. The number of thioether (sulfide) groups is 1. The van der Waals surface area contributed by atoms with Crippen LogP contribution in [0.1, 0.15) is 52.4 Å². The average Bonchev–Trinajstić information content (AvgIpc) is 2.77. The van der Waals surface area contributed by atoms with Gasteiger partial charge in [0.25, 0.3) is 0 Å². The van der Waals surface area contributed by atoms with E-state index in [2.05, 4.69) is 19.2 Å². The van der Waals surface area contributed by atoms with E-state index in [-0.39, 0.29) is 0 Å². The van der Waals surface area contributed by atoms with Crippen LogP contribution in [0.25, 0.3) is 0 Å². The van der Waals surface area contributed by atoms with Crippen LogP contribution >= 0.6 is 11.8 Å². The zero-order chi connectivity index (χ0) is 13.3. The SMILES string of the molecule is CC1CCC2(CC1)CSC(=NC1CCOC(C)C1)N2. The summed E-state index contributed by atoms with van der Waals surface area (Å²) in [6.07, 6.45) is 7.92. The summed E-state index contributed by atoms with van der Waals surface area (Å²) in [5.41, 5.74) is 0.368. The lowest BCUT2D eigenvalue weighted by molar-refractivity contribution is 0.0204. The van der Waals surface area contributed by atoms with Gasteiger partial charge in [-0.15, -0.1) is 0 Å². The van der Waals surface area contributed by atoms with Gasteiger partial charge in [-0.2, -0.15) is 0 Å². The minimum atomic E-state index is 0.368. The first-order chi connectivity index (χ1) is 9.15. The Labute approximate surface area is 121 Å². The van der Waals surface area contributed by atoms with E-state index in [9.17, 15) is 0 Å². The van der Waals surface area contributed by atoms with Crippen molar-refractivity contribution >= 4 is 16.9 Å². The molecule has 0 aromatic heterocycles. The zero-order valence-corrected chi connectivity index (χ0v) is 13.0. The first kappa shape index (κ1) is 13.7. The van der Waals surface area contributed by atoms with E-state index in [0.29, 0.717) is 17.7 Å². The molecule has 19 heavy (non-hydrogen) atoms. The van der Waals surface area contributed by atoms with E-state index in [1.54, 1.807) is 0 Å². The summed E-state index contributed by atoms with van der Waals surface area (Å²) in [4.78, 5) is 4.94. The second-order valence-corrected chi connectivity index (χ2v) is 7.63. The van der Waals surface area contributed by atoms with Gasteiger partial charge in [0.15, 0.2) is 5.17 Å². The van der Waals surface area contributed by atoms with Crippen molar-refractivity contribution in [3.05, 3.63) is 0 Å². The lowest BCUT2D eigenvalue weighted by atomic mass is 9.78. The Morgan fingerprint density at radius 3 is 2.79 bits per heavy atom. The Morgan fingerprint density at radius 2 is 2.05 bits per heavy atom. The summed E-state index contributed by atoms with van der Waals surface area (Å²) in [5.74, 6) is 2.13. The molecule has 3 fully saturated rings. The maximum absolute atomic E-state index is 5.60. The molecule has 4 heteroatoms. The molecular formula is C15H26N2OS. The van der Waals surface area contributed by atoms with Crippen molar-refractivity contribution in [3.63, 3.8) is 0 Å². The number of nitrogens with zero attached hydrogens (tertiary/aromatic N) is 1. The highest BCUT2D eigenvalue weighted by molar-refractivity contribution is 8.14. The molecular weight excluding hydrogens is 256 g/mol. The van der Waals surface area contributed by atoms with E-state index in [1.807, 2.05) is 11.8 Å². The maximum atomic E-state index is 5.60. The number of rotatable bonds is 1. The van der Waals surface area contributed by atoms with E-state index in [1.165, 1.54) is 36.6 Å². The van der Waals surface area contributed by atoms with Crippen molar-refractivity contribution < 1.29 is 4.74 Å². The van der Waals surface area contributed by atoms with E-state index in [4.69, 9.17) is 9.73 Å². The molecule has 0 aromatic carbocycles. The van der Waals surface area contributed by atoms with Crippen molar-refractivity contribution in [2.45, 2.75) is 70.1 Å². The normalized spacial score (nSPS) is 45.6. The Hall–Kier alpha value is -0.220. The van der Waals surface area contributed by atoms with Gasteiger partial charge >= 0.3 is 0 Å². The van der Waals surface area contributed by atoms with Gasteiger partial charge in [-0.05, 0) is 51.4 Å². The van der Waals surface area contributed by atoms with Crippen molar-refractivity contribution in [1.82, 2.24) is 5.32 Å². The van der Waals surface area contributed by atoms with E-state index >= 15 is 0 Å². The molecule has 1 aliphatic carbocycles. The average molecular weight is 282 g/mol. The van der Waals surface area contributed by atoms with E-state index in [0.717, 1.165) is 25.4 Å². The van der Waals surface area contributed by atoms with Crippen molar-refractivity contribution in [1.29, 1.82) is 0 Å². The second-order valence-electron chi connectivity index (χ2n) is 6.67. The molecule has 0 radical (unpaired) electrons. The van der Waals surface area contributed by atoms with Gasteiger partial charge in [0, 0.05) is 17.9 Å². The van der Waals surface area contributed by atoms with Crippen molar-refractivity contribution in [2.75, 3.05) is 12.4 Å². The van der Waals surface area contributed by atoms with Gasteiger partial charge in [0.2, 0.25) is 0 Å². The fourth-order valence-corrected chi connectivity index (χ4v) is 4.70. The third-order valence-corrected chi connectivity index (χ3v) is 6.02. The number of hydrogen-bond acceptors (Lipinski definition) is 3. The summed E-state index contributed by atoms with van der Waals surface area (Å²) in [6.45, 7) is 5.41. The summed E-state index contributed by atoms with van der Waals surface area (Å²) in [6, 6.07) is 0.469. The van der Waals surface area contributed by atoms with Gasteiger partial charge < -0.3 is 10.1 Å². The number of ether oxygens (including phenoxy) is 1. The molecule has 0 bridgehead atoms. The van der Waals surface area contributed by atoms with Crippen molar-refractivity contribution in [3.8, 4) is 0 Å². The summed E-state index contributed by atoms with van der Waals surface area (Å²) in [7, 11) is 0. The van der Waals surface area contributed by atoms with Crippen LogP contribution in [0.3, 0.4) is 0 Å². The Morgan fingerprint density at radius 1 is 1.26 bits per heavy atom. The van der Waals surface area contributed by atoms with Crippen LogP contribution in [0, 0.1) is 5.92 Å². The van der Waals surface area contributed by atoms with Crippen LogP contribution in [0.4, 0.5) is 0 Å². The van der Waals surface area contributed by atoms with Crippen LogP contribution in [0.2, 0.25) is 0 Å². The monoisotopic (exact) mass is 282 g/mol. The molecule has 2 heterocycles. The van der Waals surface area contributed by atoms with Crippen LogP contribution in [-0.2, 0) is 4.74 Å². The third-order valence-electron chi connectivity index (χ3n) is 4.85. The molecule has 0 aromatic rings. The molecule has 3 aliphatic rings. The molecule has 3 rings (SSSR count). The summed E-state index contributed by atoms with van der Waals surface area (Å²) in [5, 5.41) is 4.96. The highest BCUT2D eigenvalue weighted by Crippen LogP contribution is 2.38. The van der Waals surface area contributed by atoms with Crippen LogP contribution in [0.15, 0.2) is 4.99 Å². The highest BCUT2D eigenvalue weighted by Gasteiger charge is 2.39. The molecule has 2 unspecified atom stereocenters. The largest absolute Gasteiger partial charge is 0.378 e.